The van der Waals surface area contributed by atoms with Crippen LogP contribution in [0.2, 0.25) is 0 Å². The predicted molar refractivity (Wildman–Crippen MR) is 56.9 cm³/mol. The number of hydrogen-bond acceptors (Lipinski definition) is 4. The van der Waals surface area contributed by atoms with Crippen LogP contribution in [-0.2, 0) is 14.3 Å². The molecule has 16 heavy (non-hydrogen) atoms. The highest BCUT2D eigenvalue weighted by molar-refractivity contribution is 5.84. The molecule has 2 aliphatic heterocycles. The van der Waals surface area contributed by atoms with Gasteiger partial charge >= 0.3 is 0 Å². The molecule has 0 radical (unpaired) electrons. The fourth-order valence-electron chi connectivity index (χ4n) is 2.24. The molecule has 5 nitrogen and oxygen atoms in total. The molecule has 0 bridgehead atoms. The van der Waals surface area contributed by atoms with E-state index in [9.17, 15) is 9.90 Å². The smallest absolute Gasteiger partial charge is 0.235 e. The molecule has 0 aliphatic carbocycles. The van der Waals surface area contributed by atoms with Gasteiger partial charge < -0.3 is 19.5 Å². The van der Waals surface area contributed by atoms with E-state index >= 15 is 0 Å². The second-order valence-corrected chi connectivity index (χ2v) is 4.69. The lowest BCUT2D eigenvalue weighted by Crippen LogP contribution is -2.58. The summed E-state index contributed by atoms with van der Waals surface area (Å²) in [5, 5.41) is 9.30. The molecule has 2 saturated heterocycles. The van der Waals surface area contributed by atoms with Crippen molar-refractivity contribution in [1.29, 1.82) is 0 Å². The third-order valence-corrected chi connectivity index (χ3v) is 3.57. The van der Waals surface area contributed by atoms with Crippen molar-refractivity contribution in [1.82, 2.24) is 4.90 Å². The molecule has 0 saturated carbocycles. The minimum Gasteiger partial charge on any atom is -0.395 e. The summed E-state index contributed by atoms with van der Waals surface area (Å²) in [4.78, 5) is 14.0. The molecule has 0 spiro atoms. The molecule has 0 aromatic rings. The zero-order valence-electron chi connectivity index (χ0n) is 9.65. The first-order chi connectivity index (χ1) is 7.69. The van der Waals surface area contributed by atoms with Crippen LogP contribution < -0.4 is 0 Å². The monoisotopic (exact) mass is 229 g/mol. The van der Waals surface area contributed by atoms with Gasteiger partial charge in [0.2, 0.25) is 5.91 Å². The quantitative estimate of drug-likeness (QED) is 0.717. The first kappa shape index (κ1) is 11.8. The number of carbonyl (C=O) groups is 1. The average molecular weight is 229 g/mol. The summed E-state index contributed by atoms with van der Waals surface area (Å²) in [5.41, 5.74) is -0.674. The van der Waals surface area contributed by atoms with Crippen LogP contribution in [0.5, 0.6) is 0 Å². The molecule has 2 heterocycles. The van der Waals surface area contributed by atoms with Crippen molar-refractivity contribution in [2.45, 2.75) is 18.9 Å². The molecule has 1 amide bonds. The Morgan fingerprint density at radius 1 is 1.38 bits per heavy atom. The minimum atomic E-state index is -0.674. The highest BCUT2D eigenvalue weighted by Crippen LogP contribution is 2.30. The molecule has 5 heteroatoms. The Hall–Kier alpha value is -0.650. The zero-order chi connectivity index (χ0) is 11.6. The lowest BCUT2D eigenvalue weighted by molar-refractivity contribution is -0.182. The van der Waals surface area contributed by atoms with E-state index in [0.29, 0.717) is 26.4 Å². The molecule has 92 valence electrons. The van der Waals surface area contributed by atoms with Gasteiger partial charge in [0.05, 0.1) is 19.8 Å². The number of amides is 1. The maximum absolute atomic E-state index is 12.2. The molecular weight excluding hydrogens is 210 g/mol. The van der Waals surface area contributed by atoms with Crippen LogP contribution in [-0.4, -0.2) is 62.0 Å². The van der Waals surface area contributed by atoms with Crippen LogP contribution in [0.25, 0.3) is 0 Å². The maximum Gasteiger partial charge on any atom is 0.235 e. The van der Waals surface area contributed by atoms with Crippen LogP contribution in [0.1, 0.15) is 12.8 Å². The van der Waals surface area contributed by atoms with Gasteiger partial charge in [0.25, 0.3) is 0 Å². The van der Waals surface area contributed by atoms with Crippen molar-refractivity contribution in [3.63, 3.8) is 0 Å². The van der Waals surface area contributed by atoms with E-state index in [2.05, 4.69) is 0 Å². The first-order valence-corrected chi connectivity index (χ1v) is 5.73. The van der Waals surface area contributed by atoms with E-state index in [1.807, 2.05) is 7.05 Å². The van der Waals surface area contributed by atoms with Gasteiger partial charge in [-0.3, -0.25) is 4.79 Å². The molecule has 2 aliphatic rings. The Kier molecular flexibility index (Phi) is 3.47. The zero-order valence-corrected chi connectivity index (χ0v) is 9.65. The van der Waals surface area contributed by atoms with Gasteiger partial charge in [-0.2, -0.15) is 0 Å². The van der Waals surface area contributed by atoms with Crippen molar-refractivity contribution >= 4 is 5.91 Å². The third kappa shape index (κ3) is 1.95. The predicted octanol–water partition coefficient (Wildman–Crippen LogP) is -0.367. The topological polar surface area (TPSA) is 59.0 Å². The average Bonchev–Trinajstić information content (AvgIpc) is 2.28. The fourth-order valence-corrected chi connectivity index (χ4v) is 2.24. The normalized spacial score (nSPS) is 24.9. The van der Waals surface area contributed by atoms with E-state index < -0.39 is 5.41 Å². The van der Waals surface area contributed by atoms with E-state index in [4.69, 9.17) is 9.47 Å². The van der Waals surface area contributed by atoms with Gasteiger partial charge in [0, 0.05) is 26.3 Å². The molecule has 2 rings (SSSR count). The molecule has 0 atom stereocenters. The standard InChI is InChI=1S/C11H19NO4/c1-12(9-2-4-15-5-3-9)10(14)11(6-13)7-16-8-11/h9,13H,2-8H2,1H3. The summed E-state index contributed by atoms with van der Waals surface area (Å²) in [5.74, 6) is 0.00755. The largest absolute Gasteiger partial charge is 0.395 e. The van der Waals surface area contributed by atoms with Crippen molar-refractivity contribution < 1.29 is 19.4 Å². The Labute approximate surface area is 95.3 Å². The number of hydrogen-bond donors (Lipinski definition) is 1. The van der Waals surface area contributed by atoms with E-state index in [0.717, 1.165) is 12.8 Å². The van der Waals surface area contributed by atoms with Gasteiger partial charge in [0.15, 0.2) is 0 Å². The van der Waals surface area contributed by atoms with Crippen molar-refractivity contribution in [3.8, 4) is 0 Å². The van der Waals surface area contributed by atoms with Gasteiger partial charge in [-0.05, 0) is 12.8 Å². The number of aliphatic hydroxyl groups excluding tert-OH is 1. The second-order valence-electron chi connectivity index (χ2n) is 4.69. The number of rotatable bonds is 3. The highest BCUT2D eigenvalue weighted by atomic mass is 16.5. The van der Waals surface area contributed by atoms with Crippen molar-refractivity contribution in [2.24, 2.45) is 5.41 Å². The van der Waals surface area contributed by atoms with E-state index in [1.54, 1.807) is 4.90 Å². The van der Waals surface area contributed by atoms with Crippen LogP contribution in [0.15, 0.2) is 0 Å². The Morgan fingerprint density at radius 2 is 2.00 bits per heavy atom. The molecule has 0 unspecified atom stereocenters. The van der Waals surface area contributed by atoms with E-state index in [-0.39, 0.29) is 18.6 Å². The number of ether oxygens (including phenoxy) is 2. The number of aliphatic hydroxyl groups is 1. The summed E-state index contributed by atoms with van der Waals surface area (Å²) in [6, 6.07) is 0.241. The van der Waals surface area contributed by atoms with Crippen LogP contribution in [0.3, 0.4) is 0 Å². The molecule has 1 N–H and O–H groups in total. The second kappa shape index (κ2) is 4.69. The maximum atomic E-state index is 12.2. The number of nitrogens with zero attached hydrogens (tertiary/aromatic N) is 1. The minimum absolute atomic E-state index is 0.00755. The fraction of sp³-hybridized carbons (Fsp3) is 0.909. The number of carbonyl (C=O) groups excluding carboxylic acids is 1. The van der Waals surface area contributed by atoms with Crippen LogP contribution in [0, 0.1) is 5.41 Å². The van der Waals surface area contributed by atoms with Gasteiger partial charge in [-0.25, -0.2) is 0 Å². The SMILES string of the molecule is CN(C(=O)C1(CO)COC1)C1CCOCC1. The van der Waals surface area contributed by atoms with Gasteiger partial charge in [-0.1, -0.05) is 0 Å². The van der Waals surface area contributed by atoms with Gasteiger partial charge in [-0.15, -0.1) is 0 Å². The van der Waals surface area contributed by atoms with Crippen molar-refractivity contribution in [2.75, 3.05) is 40.1 Å². The molecular formula is C11H19NO4. The Morgan fingerprint density at radius 3 is 2.44 bits per heavy atom. The lowest BCUT2D eigenvalue weighted by atomic mass is 9.84. The van der Waals surface area contributed by atoms with Gasteiger partial charge in [0.1, 0.15) is 5.41 Å². The van der Waals surface area contributed by atoms with Crippen molar-refractivity contribution in [3.05, 3.63) is 0 Å². The van der Waals surface area contributed by atoms with Crippen LogP contribution in [0.4, 0.5) is 0 Å². The summed E-state index contributed by atoms with van der Waals surface area (Å²) >= 11 is 0. The first-order valence-electron chi connectivity index (χ1n) is 5.73. The Bertz CT molecular complexity index is 253. The summed E-state index contributed by atoms with van der Waals surface area (Å²) < 4.78 is 10.3. The third-order valence-electron chi connectivity index (χ3n) is 3.57. The molecule has 2 fully saturated rings. The van der Waals surface area contributed by atoms with Crippen LogP contribution >= 0.6 is 0 Å². The summed E-state index contributed by atoms with van der Waals surface area (Å²) in [6.07, 6.45) is 1.76. The summed E-state index contributed by atoms with van der Waals surface area (Å²) in [6.45, 7) is 1.99. The molecule has 0 aromatic carbocycles. The summed E-state index contributed by atoms with van der Waals surface area (Å²) in [7, 11) is 1.81. The Balaban J connectivity index is 1.97. The highest BCUT2D eigenvalue weighted by Gasteiger charge is 2.48. The van der Waals surface area contributed by atoms with E-state index in [1.165, 1.54) is 0 Å². The molecule has 0 aromatic heterocycles. The lowest BCUT2D eigenvalue weighted by Gasteiger charge is -2.43.